The molecule has 58 heavy (non-hydrogen) atoms. The van der Waals surface area contributed by atoms with Crippen molar-refractivity contribution in [1.82, 2.24) is 4.57 Å². The van der Waals surface area contributed by atoms with E-state index >= 15 is 0 Å². The zero-order valence-electron chi connectivity index (χ0n) is 32.0. The number of allylic oxidation sites excluding steroid dienone is 5. The molecule has 12 rings (SSSR count). The molecule has 2 aliphatic carbocycles. The van der Waals surface area contributed by atoms with E-state index in [4.69, 9.17) is 0 Å². The molecule has 10 aromatic rings. The molecule has 1 spiro atoms. The summed E-state index contributed by atoms with van der Waals surface area (Å²) in [7, 11) is 0. The van der Waals surface area contributed by atoms with E-state index in [2.05, 4.69) is 218 Å². The van der Waals surface area contributed by atoms with Crippen LogP contribution in [-0.4, -0.2) is 4.57 Å². The molecule has 0 aliphatic heterocycles. The summed E-state index contributed by atoms with van der Waals surface area (Å²) >= 11 is 1.87. The molecule has 2 heteroatoms. The van der Waals surface area contributed by atoms with E-state index in [1.165, 1.54) is 109 Å². The van der Waals surface area contributed by atoms with Crippen molar-refractivity contribution in [3.8, 4) is 39.1 Å². The number of aromatic nitrogens is 1. The second-order valence-corrected chi connectivity index (χ2v) is 16.6. The second-order valence-electron chi connectivity index (χ2n) is 15.5. The maximum absolute atomic E-state index is 2.52. The predicted molar refractivity (Wildman–Crippen MR) is 248 cm³/mol. The number of benzene rings is 8. The highest BCUT2D eigenvalue weighted by molar-refractivity contribution is 7.25. The van der Waals surface area contributed by atoms with Gasteiger partial charge in [-0.1, -0.05) is 158 Å². The topological polar surface area (TPSA) is 4.93 Å². The Morgan fingerprint density at radius 3 is 1.98 bits per heavy atom. The quantitative estimate of drug-likeness (QED) is 0.158. The molecule has 0 bridgehead atoms. The minimum Gasteiger partial charge on any atom is -0.309 e. The molecular weight excluding hydrogens is 719 g/mol. The van der Waals surface area contributed by atoms with Gasteiger partial charge < -0.3 is 4.57 Å². The van der Waals surface area contributed by atoms with Gasteiger partial charge >= 0.3 is 0 Å². The Morgan fingerprint density at radius 1 is 0.483 bits per heavy atom. The fourth-order valence-corrected chi connectivity index (χ4v) is 11.3. The summed E-state index contributed by atoms with van der Waals surface area (Å²) in [6.45, 7) is 2.08. The van der Waals surface area contributed by atoms with Crippen molar-refractivity contribution < 1.29 is 0 Å². The van der Waals surface area contributed by atoms with Gasteiger partial charge in [-0.15, -0.1) is 11.3 Å². The third-order valence-corrected chi connectivity index (χ3v) is 13.7. The van der Waals surface area contributed by atoms with Gasteiger partial charge in [0.15, 0.2) is 0 Å². The van der Waals surface area contributed by atoms with E-state index in [0.29, 0.717) is 0 Å². The lowest BCUT2D eigenvalue weighted by Gasteiger charge is -2.35. The van der Waals surface area contributed by atoms with Gasteiger partial charge in [-0.2, -0.15) is 0 Å². The van der Waals surface area contributed by atoms with Crippen LogP contribution in [0.3, 0.4) is 0 Å². The van der Waals surface area contributed by atoms with Crippen molar-refractivity contribution in [3.05, 3.63) is 228 Å². The Balaban J connectivity index is 1.14. The summed E-state index contributed by atoms with van der Waals surface area (Å²) in [6.07, 6.45) is 11.2. The van der Waals surface area contributed by atoms with Crippen molar-refractivity contribution in [2.24, 2.45) is 0 Å². The molecule has 0 radical (unpaired) electrons. The first-order chi connectivity index (χ1) is 28.7. The standard InChI is InChI=1S/C56H37NS/c1-2-3-4-17-39-33-38-16-5-6-18-40(38)41-19-7-11-23-47(41)56(39)48-24-12-8-22-44(48)55-49(56)25-15-27-52(55)57-50-26-13-9-20-42(50)45-34-36(29-31-51(45)57)37-30-32-54-46(35-37)43-21-10-14-28-53(43)58-54/h2-35H,1H3/b3-2-,17-4-. The van der Waals surface area contributed by atoms with Crippen LogP contribution >= 0.6 is 11.3 Å². The van der Waals surface area contributed by atoms with Crippen molar-refractivity contribution in [2.75, 3.05) is 0 Å². The summed E-state index contributed by atoms with van der Waals surface area (Å²) in [5, 5.41) is 5.16. The fraction of sp³-hybridized carbons (Fsp3) is 0.0357. The van der Waals surface area contributed by atoms with E-state index in [9.17, 15) is 0 Å². The summed E-state index contributed by atoms with van der Waals surface area (Å²) in [5.74, 6) is 0. The molecule has 2 heterocycles. The molecule has 0 amide bonds. The molecule has 0 fully saturated rings. The fourth-order valence-electron chi connectivity index (χ4n) is 10.2. The van der Waals surface area contributed by atoms with Crippen LogP contribution in [0.2, 0.25) is 0 Å². The number of fused-ring (bicyclic) bond motifs is 15. The first-order valence-corrected chi connectivity index (χ1v) is 20.9. The van der Waals surface area contributed by atoms with Crippen LogP contribution in [0.15, 0.2) is 206 Å². The lowest BCUT2D eigenvalue weighted by Crippen LogP contribution is -2.29. The van der Waals surface area contributed by atoms with E-state index in [-0.39, 0.29) is 0 Å². The summed E-state index contributed by atoms with van der Waals surface area (Å²) in [6, 6.07) is 65.8. The molecule has 1 unspecified atom stereocenters. The normalized spacial score (nSPS) is 15.7. The van der Waals surface area contributed by atoms with E-state index in [1.807, 2.05) is 11.3 Å². The Bertz CT molecular complexity index is 3420. The number of thiophene rings is 1. The van der Waals surface area contributed by atoms with Gasteiger partial charge in [0.1, 0.15) is 0 Å². The zero-order valence-corrected chi connectivity index (χ0v) is 32.8. The molecule has 0 saturated heterocycles. The number of hydrogen-bond donors (Lipinski definition) is 0. The highest BCUT2D eigenvalue weighted by Crippen LogP contribution is 2.61. The maximum Gasteiger partial charge on any atom is 0.0720 e. The van der Waals surface area contributed by atoms with Crippen LogP contribution in [0.1, 0.15) is 29.2 Å². The monoisotopic (exact) mass is 755 g/mol. The minimum atomic E-state index is -0.550. The van der Waals surface area contributed by atoms with E-state index in [0.717, 1.165) is 0 Å². The summed E-state index contributed by atoms with van der Waals surface area (Å²) in [4.78, 5) is 0. The van der Waals surface area contributed by atoms with Crippen LogP contribution in [0.5, 0.6) is 0 Å². The smallest absolute Gasteiger partial charge is 0.0720 e. The van der Waals surface area contributed by atoms with Crippen molar-refractivity contribution >= 4 is 59.4 Å². The molecule has 2 aromatic heterocycles. The van der Waals surface area contributed by atoms with Crippen LogP contribution in [-0.2, 0) is 5.41 Å². The number of para-hydroxylation sites is 1. The van der Waals surface area contributed by atoms with Gasteiger partial charge in [-0.3, -0.25) is 0 Å². The number of rotatable bonds is 4. The van der Waals surface area contributed by atoms with E-state index < -0.39 is 5.41 Å². The van der Waals surface area contributed by atoms with Gasteiger partial charge in [0.25, 0.3) is 0 Å². The lowest BCUT2D eigenvalue weighted by molar-refractivity contribution is 0.776. The number of hydrogen-bond acceptors (Lipinski definition) is 1. The Hall–Kier alpha value is -7.00. The average molecular weight is 756 g/mol. The second kappa shape index (κ2) is 12.8. The van der Waals surface area contributed by atoms with Crippen molar-refractivity contribution in [3.63, 3.8) is 0 Å². The highest BCUT2D eigenvalue weighted by Gasteiger charge is 2.49. The average Bonchev–Trinajstić information content (AvgIpc) is 3.89. The molecule has 1 nitrogen and oxygen atoms in total. The highest BCUT2D eigenvalue weighted by atomic mass is 32.1. The third kappa shape index (κ3) is 4.58. The molecule has 272 valence electrons. The van der Waals surface area contributed by atoms with Gasteiger partial charge in [0.05, 0.1) is 22.1 Å². The molecule has 0 N–H and O–H groups in total. The van der Waals surface area contributed by atoms with Crippen LogP contribution < -0.4 is 0 Å². The first-order valence-electron chi connectivity index (χ1n) is 20.1. The van der Waals surface area contributed by atoms with Crippen molar-refractivity contribution in [1.29, 1.82) is 0 Å². The predicted octanol–water partition coefficient (Wildman–Crippen LogP) is 15.3. The zero-order chi connectivity index (χ0) is 38.4. The number of nitrogens with zero attached hydrogens (tertiary/aromatic N) is 1. The van der Waals surface area contributed by atoms with E-state index in [1.54, 1.807) is 0 Å². The van der Waals surface area contributed by atoms with Gasteiger partial charge in [0.2, 0.25) is 0 Å². The van der Waals surface area contributed by atoms with Gasteiger partial charge in [0, 0.05) is 36.5 Å². The van der Waals surface area contributed by atoms with Gasteiger partial charge in [-0.05, 0) is 111 Å². The Labute approximate surface area is 341 Å². The summed E-state index contributed by atoms with van der Waals surface area (Å²) < 4.78 is 5.18. The molecule has 2 aliphatic rings. The third-order valence-electron chi connectivity index (χ3n) is 12.6. The SMILES string of the molecule is C/C=C\C=C/C1=Cc2ccccc2-c2ccccc2C12c1ccccc1-c1c(-n3c4ccccc4c4cc(-c5ccc6sc7ccccc7c6c5)ccc43)cccc12. The minimum absolute atomic E-state index is 0.550. The van der Waals surface area contributed by atoms with Crippen LogP contribution in [0.25, 0.3) is 87.1 Å². The molecule has 0 saturated carbocycles. The van der Waals surface area contributed by atoms with Crippen LogP contribution in [0.4, 0.5) is 0 Å². The maximum atomic E-state index is 2.52. The first kappa shape index (κ1) is 33.2. The largest absolute Gasteiger partial charge is 0.309 e. The Kier molecular flexibility index (Phi) is 7.30. The van der Waals surface area contributed by atoms with Crippen LogP contribution in [0, 0.1) is 0 Å². The molecule has 8 aromatic carbocycles. The lowest BCUT2D eigenvalue weighted by atomic mass is 9.66. The molecular formula is C56H37NS. The Morgan fingerprint density at radius 2 is 1.12 bits per heavy atom. The van der Waals surface area contributed by atoms with Gasteiger partial charge in [-0.25, -0.2) is 0 Å². The summed E-state index contributed by atoms with van der Waals surface area (Å²) in [5.41, 5.74) is 17.0. The van der Waals surface area contributed by atoms with Crippen molar-refractivity contribution in [2.45, 2.75) is 12.3 Å². The molecule has 1 atom stereocenters.